The average Bonchev–Trinajstić information content (AvgIpc) is 2.47. The van der Waals surface area contributed by atoms with Crippen LogP contribution in [-0.2, 0) is 20.6 Å². The first-order valence-electron chi connectivity index (χ1n) is 5.40. The fourth-order valence-electron chi connectivity index (χ4n) is 1.41. The van der Waals surface area contributed by atoms with Crippen LogP contribution in [0.25, 0.3) is 0 Å². The van der Waals surface area contributed by atoms with E-state index in [-0.39, 0.29) is 4.31 Å². The third-order valence-corrected chi connectivity index (χ3v) is 4.33. The van der Waals surface area contributed by atoms with Crippen LogP contribution >= 0.6 is 0 Å². The van der Waals surface area contributed by atoms with Crippen LogP contribution in [0, 0.1) is 29.1 Å². The Morgan fingerprint density at radius 3 is 1.86 bits per heavy atom. The summed E-state index contributed by atoms with van der Waals surface area (Å²) in [5, 5.41) is 8.25. The van der Waals surface area contributed by atoms with Crippen molar-refractivity contribution < 1.29 is 40.4 Å². The maximum absolute atomic E-state index is 13.4. The number of nitrogens with one attached hydrogen (secondary N) is 1. The van der Waals surface area contributed by atoms with Crippen molar-refractivity contribution in [3.8, 4) is 0 Å². The van der Waals surface area contributed by atoms with Gasteiger partial charge in [-0.2, -0.15) is 4.31 Å². The predicted molar refractivity (Wildman–Crippen MR) is 61.4 cm³/mol. The van der Waals surface area contributed by atoms with Crippen LogP contribution in [0.1, 0.15) is 5.56 Å². The van der Waals surface area contributed by atoms with Crippen molar-refractivity contribution in [3.05, 3.63) is 34.6 Å². The second kappa shape index (κ2) is 6.54. The van der Waals surface area contributed by atoms with Gasteiger partial charge in [-0.3, -0.25) is 10.0 Å². The Kier molecular flexibility index (Phi) is 5.43. The second-order valence-electron chi connectivity index (χ2n) is 4.10. The van der Waals surface area contributed by atoms with Crippen LogP contribution in [0.4, 0.5) is 22.0 Å². The van der Waals surface area contributed by atoms with E-state index in [1.165, 1.54) is 0 Å². The maximum Gasteiger partial charge on any atom is 0.258 e. The Bertz CT molecular complexity index is 681. The van der Waals surface area contributed by atoms with Crippen LogP contribution in [-0.4, -0.2) is 37.4 Å². The monoisotopic (exact) mass is 348 g/mol. The molecule has 0 aliphatic carbocycles. The molecule has 12 heteroatoms. The topological polar surface area (TPSA) is 86.7 Å². The van der Waals surface area contributed by atoms with Crippen molar-refractivity contribution in [1.82, 2.24) is 9.79 Å². The summed E-state index contributed by atoms with van der Waals surface area (Å²) in [5.74, 6) is -14.2. The smallest absolute Gasteiger partial charge is 0.258 e. The molecule has 0 aliphatic rings. The molecular formula is C10H9F5N2O4S. The quantitative estimate of drug-likeness (QED) is 0.269. The third-order valence-electron chi connectivity index (χ3n) is 2.59. The molecule has 0 saturated carbocycles. The van der Waals surface area contributed by atoms with Crippen LogP contribution in [0.3, 0.4) is 0 Å². The summed E-state index contributed by atoms with van der Waals surface area (Å²) >= 11 is 0. The molecule has 1 aromatic rings. The molecule has 0 atom stereocenters. The minimum atomic E-state index is -4.58. The van der Waals surface area contributed by atoms with Gasteiger partial charge in [0.15, 0.2) is 23.3 Å². The lowest BCUT2D eigenvalue weighted by Crippen LogP contribution is -2.38. The highest BCUT2D eigenvalue weighted by atomic mass is 32.2. The standard InChI is InChI=1S/C10H9F5N2O4S/c1-17(2-5(18)16-19)22(20,21)3-4-6(11)8(13)10(15)9(14)7(4)12/h19H,2-3H2,1H3,(H,16,18). The number of likely N-dealkylation sites (N-methyl/N-ethyl adjacent to an activating group) is 1. The van der Waals surface area contributed by atoms with Crippen LogP contribution < -0.4 is 5.48 Å². The molecule has 1 aromatic carbocycles. The fraction of sp³-hybridized carbons (Fsp3) is 0.300. The molecule has 0 fully saturated rings. The minimum absolute atomic E-state index is 0.274. The van der Waals surface area contributed by atoms with Gasteiger partial charge in [-0.25, -0.2) is 35.8 Å². The Labute approximate surface area is 121 Å². The summed E-state index contributed by atoms with van der Waals surface area (Å²) in [7, 11) is -3.77. The van der Waals surface area contributed by atoms with Crippen molar-refractivity contribution in [2.75, 3.05) is 13.6 Å². The van der Waals surface area contributed by atoms with Crippen molar-refractivity contribution >= 4 is 15.9 Å². The minimum Gasteiger partial charge on any atom is -0.289 e. The van der Waals surface area contributed by atoms with E-state index in [4.69, 9.17) is 5.21 Å². The average molecular weight is 348 g/mol. The number of amides is 1. The van der Waals surface area contributed by atoms with Gasteiger partial charge in [0.1, 0.15) is 0 Å². The second-order valence-corrected chi connectivity index (χ2v) is 6.17. The van der Waals surface area contributed by atoms with E-state index >= 15 is 0 Å². The number of carbonyl (C=O) groups excluding carboxylic acids is 1. The Balaban J connectivity index is 3.22. The van der Waals surface area contributed by atoms with Gasteiger partial charge in [0.25, 0.3) is 5.91 Å². The number of rotatable bonds is 5. The molecule has 0 heterocycles. The van der Waals surface area contributed by atoms with Gasteiger partial charge < -0.3 is 0 Å². The highest BCUT2D eigenvalue weighted by molar-refractivity contribution is 7.88. The summed E-state index contributed by atoms with van der Waals surface area (Å²) in [4.78, 5) is 10.8. The van der Waals surface area contributed by atoms with Gasteiger partial charge in [0.2, 0.25) is 15.8 Å². The van der Waals surface area contributed by atoms with Crippen molar-refractivity contribution in [1.29, 1.82) is 0 Å². The number of benzene rings is 1. The lowest BCUT2D eigenvalue weighted by molar-refractivity contribution is -0.129. The normalized spacial score (nSPS) is 11.8. The van der Waals surface area contributed by atoms with Gasteiger partial charge >= 0.3 is 0 Å². The number of hydrogen-bond acceptors (Lipinski definition) is 4. The zero-order chi connectivity index (χ0) is 17.2. The number of hydroxylamine groups is 1. The highest BCUT2D eigenvalue weighted by Gasteiger charge is 2.30. The number of halogens is 5. The molecule has 124 valence electrons. The molecule has 0 saturated heterocycles. The van der Waals surface area contributed by atoms with Crippen LogP contribution in [0.2, 0.25) is 0 Å². The molecule has 0 bridgehead atoms. The van der Waals surface area contributed by atoms with Gasteiger partial charge in [-0.05, 0) is 0 Å². The molecule has 22 heavy (non-hydrogen) atoms. The third kappa shape index (κ3) is 3.51. The summed E-state index contributed by atoms with van der Waals surface area (Å²) in [6.45, 7) is -0.922. The van der Waals surface area contributed by atoms with Gasteiger partial charge in [0, 0.05) is 12.6 Å². The predicted octanol–water partition coefficient (Wildman–Crippen LogP) is 0.649. The van der Waals surface area contributed by atoms with Crippen molar-refractivity contribution in [2.24, 2.45) is 0 Å². The Morgan fingerprint density at radius 1 is 1.05 bits per heavy atom. The molecule has 0 unspecified atom stereocenters. The van der Waals surface area contributed by atoms with Gasteiger partial charge in [-0.15, -0.1) is 0 Å². The van der Waals surface area contributed by atoms with E-state index < -0.39 is 62.9 Å². The fourth-order valence-corrected chi connectivity index (χ4v) is 2.56. The van der Waals surface area contributed by atoms with E-state index in [2.05, 4.69) is 0 Å². The zero-order valence-corrected chi connectivity index (χ0v) is 11.6. The van der Waals surface area contributed by atoms with Gasteiger partial charge in [-0.1, -0.05) is 0 Å². The van der Waals surface area contributed by atoms with E-state index in [9.17, 15) is 35.2 Å². The number of carbonyl (C=O) groups is 1. The maximum atomic E-state index is 13.4. The van der Waals surface area contributed by atoms with Crippen LogP contribution in [0.5, 0.6) is 0 Å². The van der Waals surface area contributed by atoms with E-state index in [0.29, 0.717) is 0 Å². The molecule has 0 aliphatic heterocycles. The molecule has 2 N–H and O–H groups in total. The summed E-state index contributed by atoms with van der Waals surface area (Å²) < 4.78 is 89.4. The SMILES string of the molecule is CN(CC(=O)NO)S(=O)(=O)Cc1c(F)c(F)c(F)c(F)c1F. The molecule has 0 spiro atoms. The van der Waals surface area contributed by atoms with Crippen molar-refractivity contribution in [3.63, 3.8) is 0 Å². The zero-order valence-electron chi connectivity index (χ0n) is 10.8. The van der Waals surface area contributed by atoms with E-state index in [0.717, 1.165) is 12.5 Å². The van der Waals surface area contributed by atoms with Gasteiger partial charge in [0.05, 0.1) is 12.3 Å². The summed E-state index contributed by atoms with van der Waals surface area (Å²) in [6, 6.07) is 0. The summed E-state index contributed by atoms with van der Waals surface area (Å²) in [5.41, 5.74) is -0.431. The first-order valence-corrected chi connectivity index (χ1v) is 7.01. The van der Waals surface area contributed by atoms with E-state index in [1.807, 2.05) is 0 Å². The largest absolute Gasteiger partial charge is 0.289 e. The number of sulfonamides is 1. The molecule has 6 nitrogen and oxygen atoms in total. The first-order chi connectivity index (χ1) is 10.0. The highest BCUT2D eigenvalue weighted by Crippen LogP contribution is 2.25. The molecule has 0 radical (unpaired) electrons. The van der Waals surface area contributed by atoms with Crippen molar-refractivity contribution in [2.45, 2.75) is 5.75 Å². The summed E-state index contributed by atoms with van der Waals surface area (Å²) in [6.07, 6.45) is 0. The molecule has 1 rings (SSSR count). The van der Waals surface area contributed by atoms with Crippen LogP contribution in [0.15, 0.2) is 0 Å². The molecule has 1 amide bonds. The van der Waals surface area contributed by atoms with E-state index in [1.54, 1.807) is 0 Å². The molecular weight excluding hydrogens is 339 g/mol. The Morgan fingerprint density at radius 2 is 1.45 bits per heavy atom. The number of nitrogens with zero attached hydrogens (tertiary/aromatic N) is 1. The lowest BCUT2D eigenvalue weighted by Gasteiger charge is -2.16. The number of hydrogen-bond donors (Lipinski definition) is 2. The lowest BCUT2D eigenvalue weighted by atomic mass is 10.2. The first kappa shape index (κ1) is 18.3. The Hall–Kier alpha value is -1.79. The molecule has 0 aromatic heterocycles.